The number of amides is 1. The first-order valence-corrected chi connectivity index (χ1v) is 6.85. The van der Waals surface area contributed by atoms with Crippen molar-refractivity contribution in [2.24, 2.45) is 5.73 Å². The van der Waals surface area contributed by atoms with Gasteiger partial charge in [-0.2, -0.15) is 0 Å². The molecule has 0 heterocycles. The van der Waals surface area contributed by atoms with Gasteiger partial charge < -0.3 is 11.1 Å². The van der Waals surface area contributed by atoms with Crippen LogP contribution in [0.15, 0.2) is 24.3 Å². The van der Waals surface area contributed by atoms with Gasteiger partial charge in [-0.15, -0.1) is 0 Å². The zero-order valence-corrected chi connectivity index (χ0v) is 11.2. The van der Waals surface area contributed by atoms with Crippen molar-refractivity contribution in [2.45, 2.75) is 39.0 Å². The van der Waals surface area contributed by atoms with Crippen LogP contribution in [0.3, 0.4) is 0 Å². The van der Waals surface area contributed by atoms with Gasteiger partial charge in [0, 0.05) is 12.1 Å². The molecule has 1 aromatic rings. The van der Waals surface area contributed by atoms with Crippen molar-refractivity contribution in [3.8, 4) is 0 Å². The van der Waals surface area contributed by atoms with Gasteiger partial charge in [0.25, 0.3) is 5.91 Å². The van der Waals surface area contributed by atoms with Crippen molar-refractivity contribution in [3.05, 3.63) is 35.4 Å². The van der Waals surface area contributed by atoms with E-state index in [2.05, 4.69) is 12.2 Å². The summed E-state index contributed by atoms with van der Waals surface area (Å²) in [7, 11) is 0. The highest BCUT2D eigenvalue weighted by atomic mass is 16.1. The lowest BCUT2D eigenvalue weighted by atomic mass is 10.0. The van der Waals surface area contributed by atoms with Gasteiger partial charge in [-0.05, 0) is 37.4 Å². The van der Waals surface area contributed by atoms with E-state index in [1.54, 1.807) is 0 Å². The van der Waals surface area contributed by atoms with Gasteiger partial charge in [0.1, 0.15) is 0 Å². The first kappa shape index (κ1) is 14.7. The fraction of sp³-hybridized carbons (Fsp3) is 0.533. The Labute approximate surface area is 110 Å². The number of unbranched alkanes of at least 4 members (excludes halogenated alkanes) is 3. The third-order valence-corrected chi connectivity index (χ3v) is 3.06. The average molecular weight is 248 g/mol. The SMILES string of the molecule is CCc1ccccc1C(=O)NCCCCCCN. The number of benzene rings is 1. The predicted molar refractivity (Wildman–Crippen MR) is 75.7 cm³/mol. The number of carbonyl (C=O) groups excluding carboxylic acids is 1. The second-order valence-corrected chi connectivity index (χ2v) is 4.47. The summed E-state index contributed by atoms with van der Waals surface area (Å²) in [6.07, 6.45) is 5.28. The number of hydrogen-bond donors (Lipinski definition) is 2. The maximum Gasteiger partial charge on any atom is 0.251 e. The summed E-state index contributed by atoms with van der Waals surface area (Å²) in [5.74, 6) is 0.0475. The van der Waals surface area contributed by atoms with Gasteiger partial charge in [0.05, 0.1) is 0 Å². The second kappa shape index (κ2) is 8.70. The smallest absolute Gasteiger partial charge is 0.251 e. The van der Waals surface area contributed by atoms with Gasteiger partial charge in [-0.3, -0.25) is 4.79 Å². The van der Waals surface area contributed by atoms with Crippen molar-refractivity contribution in [3.63, 3.8) is 0 Å². The zero-order chi connectivity index (χ0) is 13.2. The fourth-order valence-corrected chi connectivity index (χ4v) is 1.97. The Kier molecular flexibility index (Phi) is 7.11. The van der Waals surface area contributed by atoms with E-state index in [1.165, 1.54) is 0 Å². The molecular weight excluding hydrogens is 224 g/mol. The van der Waals surface area contributed by atoms with Crippen LogP contribution < -0.4 is 11.1 Å². The van der Waals surface area contributed by atoms with Gasteiger partial charge in [-0.25, -0.2) is 0 Å². The second-order valence-electron chi connectivity index (χ2n) is 4.47. The molecule has 0 aromatic heterocycles. The van der Waals surface area contributed by atoms with Crippen LogP contribution in [-0.2, 0) is 6.42 Å². The number of rotatable bonds is 8. The Bertz CT molecular complexity index is 363. The van der Waals surface area contributed by atoms with Crippen molar-refractivity contribution < 1.29 is 4.79 Å². The van der Waals surface area contributed by atoms with Gasteiger partial charge in [-0.1, -0.05) is 38.0 Å². The topological polar surface area (TPSA) is 55.1 Å². The molecule has 3 N–H and O–H groups in total. The van der Waals surface area contributed by atoms with Crippen molar-refractivity contribution in [1.82, 2.24) is 5.32 Å². The average Bonchev–Trinajstić information content (AvgIpc) is 2.42. The molecule has 1 rings (SSSR count). The minimum Gasteiger partial charge on any atom is -0.352 e. The van der Waals surface area contributed by atoms with Gasteiger partial charge in [0.15, 0.2) is 0 Å². The highest BCUT2D eigenvalue weighted by Gasteiger charge is 2.08. The molecule has 0 fully saturated rings. The van der Waals surface area contributed by atoms with Crippen LogP contribution in [0.2, 0.25) is 0 Å². The Hall–Kier alpha value is -1.35. The van der Waals surface area contributed by atoms with Crippen LogP contribution in [0, 0.1) is 0 Å². The maximum atomic E-state index is 12.0. The molecule has 1 amide bonds. The molecule has 0 radical (unpaired) electrons. The molecule has 1 aromatic carbocycles. The van der Waals surface area contributed by atoms with Gasteiger partial charge >= 0.3 is 0 Å². The number of hydrogen-bond acceptors (Lipinski definition) is 2. The molecule has 3 nitrogen and oxygen atoms in total. The number of aryl methyl sites for hydroxylation is 1. The molecule has 0 aliphatic carbocycles. The molecule has 0 unspecified atom stereocenters. The molecule has 0 saturated heterocycles. The van der Waals surface area contributed by atoms with Crippen molar-refractivity contribution >= 4 is 5.91 Å². The van der Waals surface area contributed by atoms with E-state index in [0.717, 1.165) is 56.3 Å². The van der Waals surface area contributed by atoms with Crippen LogP contribution in [0.4, 0.5) is 0 Å². The fourth-order valence-electron chi connectivity index (χ4n) is 1.97. The highest BCUT2D eigenvalue weighted by Crippen LogP contribution is 2.09. The molecule has 0 aliphatic rings. The summed E-state index contributed by atoms with van der Waals surface area (Å²) in [6, 6.07) is 7.79. The lowest BCUT2D eigenvalue weighted by Gasteiger charge is -2.08. The molecule has 0 aliphatic heterocycles. The highest BCUT2D eigenvalue weighted by molar-refractivity contribution is 5.95. The Morgan fingerprint density at radius 3 is 2.61 bits per heavy atom. The molecule has 3 heteroatoms. The van der Waals surface area contributed by atoms with E-state index in [1.807, 2.05) is 24.3 Å². The van der Waals surface area contributed by atoms with Crippen LogP contribution in [0.5, 0.6) is 0 Å². The molecule has 18 heavy (non-hydrogen) atoms. The monoisotopic (exact) mass is 248 g/mol. The lowest BCUT2D eigenvalue weighted by molar-refractivity contribution is 0.0952. The van der Waals surface area contributed by atoms with E-state index < -0.39 is 0 Å². The van der Waals surface area contributed by atoms with Crippen molar-refractivity contribution in [1.29, 1.82) is 0 Å². The van der Waals surface area contributed by atoms with Crippen molar-refractivity contribution in [2.75, 3.05) is 13.1 Å². The van der Waals surface area contributed by atoms with Crippen LogP contribution in [-0.4, -0.2) is 19.0 Å². The number of carbonyl (C=O) groups is 1. The predicted octanol–water partition coefficient (Wildman–Crippen LogP) is 2.50. The third kappa shape index (κ3) is 4.88. The Morgan fingerprint density at radius 2 is 1.89 bits per heavy atom. The normalized spacial score (nSPS) is 10.3. The summed E-state index contributed by atoms with van der Waals surface area (Å²) < 4.78 is 0. The summed E-state index contributed by atoms with van der Waals surface area (Å²) in [4.78, 5) is 12.0. The summed E-state index contributed by atoms with van der Waals surface area (Å²) in [5, 5.41) is 2.98. The largest absolute Gasteiger partial charge is 0.352 e. The minimum absolute atomic E-state index is 0.0475. The minimum atomic E-state index is 0.0475. The first-order valence-electron chi connectivity index (χ1n) is 6.85. The Balaban J connectivity index is 2.32. The van der Waals surface area contributed by atoms with E-state index in [0.29, 0.717) is 0 Å². The lowest BCUT2D eigenvalue weighted by Crippen LogP contribution is -2.25. The van der Waals surface area contributed by atoms with E-state index in [9.17, 15) is 4.79 Å². The first-order chi connectivity index (χ1) is 8.79. The van der Waals surface area contributed by atoms with Crippen LogP contribution in [0.1, 0.15) is 48.5 Å². The van der Waals surface area contributed by atoms with Crippen LogP contribution in [0.25, 0.3) is 0 Å². The summed E-state index contributed by atoms with van der Waals surface area (Å²) >= 11 is 0. The molecular formula is C15H24N2O. The zero-order valence-electron chi connectivity index (χ0n) is 11.2. The standard InChI is InChI=1S/C15H24N2O/c1-2-13-9-5-6-10-14(13)15(18)17-12-8-4-3-7-11-16/h5-6,9-10H,2-4,7-8,11-12,16H2,1H3,(H,17,18). The molecule has 100 valence electrons. The quantitative estimate of drug-likeness (QED) is 0.694. The van der Waals surface area contributed by atoms with E-state index in [4.69, 9.17) is 5.73 Å². The molecule has 0 saturated carbocycles. The maximum absolute atomic E-state index is 12.0. The molecule has 0 spiro atoms. The molecule has 0 atom stereocenters. The van der Waals surface area contributed by atoms with Crippen LogP contribution >= 0.6 is 0 Å². The number of nitrogens with two attached hydrogens (primary N) is 1. The summed E-state index contributed by atoms with van der Waals surface area (Å²) in [6.45, 7) is 3.58. The van der Waals surface area contributed by atoms with E-state index >= 15 is 0 Å². The summed E-state index contributed by atoms with van der Waals surface area (Å²) in [5.41, 5.74) is 7.35. The number of nitrogens with one attached hydrogen (secondary N) is 1. The molecule has 0 bridgehead atoms. The van der Waals surface area contributed by atoms with Gasteiger partial charge in [0.2, 0.25) is 0 Å². The Morgan fingerprint density at radius 1 is 1.17 bits per heavy atom. The van der Waals surface area contributed by atoms with E-state index in [-0.39, 0.29) is 5.91 Å². The third-order valence-electron chi connectivity index (χ3n) is 3.06.